The second-order valence-electron chi connectivity index (χ2n) is 6.07. The number of aliphatic imine (C=N–C) groups is 2. The van der Waals surface area contributed by atoms with E-state index >= 15 is 0 Å². The molecule has 0 unspecified atom stereocenters. The summed E-state index contributed by atoms with van der Waals surface area (Å²) < 4.78 is 5.29. The topological polar surface area (TPSA) is 132 Å². The number of carbonyl (C=O) groups excluding carboxylic acids is 1. The van der Waals surface area contributed by atoms with Crippen LogP contribution in [0.1, 0.15) is 32.1 Å². The molecule has 8 heteroatoms. The lowest BCUT2D eigenvalue weighted by Gasteiger charge is -2.45. The van der Waals surface area contributed by atoms with Crippen molar-refractivity contribution in [2.24, 2.45) is 27.2 Å². The third-order valence-corrected chi connectivity index (χ3v) is 4.33. The van der Waals surface area contributed by atoms with E-state index in [4.69, 9.17) is 21.9 Å². The molecule has 0 atom stereocenters. The molecule has 1 aromatic carbocycles. The molecule has 1 saturated carbocycles. The fourth-order valence-corrected chi connectivity index (χ4v) is 3.34. The highest BCUT2D eigenvalue weighted by Crippen LogP contribution is 2.39. The van der Waals surface area contributed by atoms with E-state index in [1.54, 1.807) is 12.1 Å². The lowest BCUT2D eigenvalue weighted by molar-refractivity contribution is -0.119. The number of anilines is 1. The second-order valence-corrected chi connectivity index (χ2v) is 6.07. The highest BCUT2D eigenvalue weighted by Gasteiger charge is 2.42. The molecule has 0 aromatic heterocycles. The van der Waals surface area contributed by atoms with Gasteiger partial charge in [-0.1, -0.05) is 6.42 Å². The van der Waals surface area contributed by atoms with Crippen LogP contribution < -0.4 is 26.8 Å². The van der Waals surface area contributed by atoms with E-state index in [0.717, 1.165) is 31.4 Å². The first-order chi connectivity index (χ1) is 11.5. The van der Waals surface area contributed by atoms with E-state index in [9.17, 15) is 4.79 Å². The van der Waals surface area contributed by atoms with Crippen LogP contribution in [0, 0.1) is 0 Å². The first-order valence-corrected chi connectivity index (χ1v) is 8.01. The SMILES string of the molecule is NC(=O)COc1ccc(N2C(N)=NC(N)=NC23CCCCC3)cc1. The second kappa shape index (κ2) is 6.38. The van der Waals surface area contributed by atoms with Gasteiger partial charge in [0.25, 0.3) is 5.91 Å². The van der Waals surface area contributed by atoms with Crippen molar-refractivity contribution in [1.29, 1.82) is 0 Å². The molecule has 1 amide bonds. The molecule has 128 valence electrons. The van der Waals surface area contributed by atoms with Gasteiger partial charge in [-0.15, -0.1) is 0 Å². The van der Waals surface area contributed by atoms with E-state index in [2.05, 4.69) is 9.98 Å². The van der Waals surface area contributed by atoms with E-state index in [1.165, 1.54) is 6.42 Å². The van der Waals surface area contributed by atoms with Crippen LogP contribution in [0.15, 0.2) is 34.3 Å². The third kappa shape index (κ3) is 3.12. The number of ether oxygens (including phenoxy) is 1. The third-order valence-electron chi connectivity index (χ3n) is 4.33. The standard InChI is InChI=1S/C16H22N6O2/c17-13(23)10-24-12-6-4-11(5-7-12)22-15(19)20-14(18)21-16(22)8-2-1-3-9-16/h4-7H,1-3,8-10H2,(H2,17,23)(H4,18,19,20,21). The summed E-state index contributed by atoms with van der Waals surface area (Å²) in [6, 6.07) is 7.27. The number of amides is 1. The maximum Gasteiger partial charge on any atom is 0.255 e. The van der Waals surface area contributed by atoms with Crippen LogP contribution in [0.4, 0.5) is 5.69 Å². The Morgan fingerprint density at radius 3 is 2.46 bits per heavy atom. The molecule has 0 saturated heterocycles. The Bertz CT molecular complexity index is 676. The average molecular weight is 330 g/mol. The number of hydrogen-bond donors (Lipinski definition) is 3. The molecule has 8 nitrogen and oxygen atoms in total. The van der Waals surface area contributed by atoms with E-state index in [1.807, 2.05) is 17.0 Å². The normalized spacial score (nSPS) is 19.6. The molecule has 1 aliphatic carbocycles. The molecule has 1 aromatic rings. The quantitative estimate of drug-likeness (QED) is 0.746. The van der Waals surface area contributed by atoms with Gasteiger partial charge < -0.3 is 21.9 Å². The van der Waals surface area contributed by atoms with E-state index in [0.29, 0.717) is 11.7 Å². The van der Waals surface area contributed by atoms with Gasteiger partial charge in [0, 0.05) is 5.69 Å². The molecule has 6 N–H and O–H groups in total. The summed E-state index contributed by atoms with van der Waals surface area (Å²) in [4.78, 5) is 21.5. The van der Waals surface area contributed by atoms with Gasteiger partial charge >= 0.3 is 0 Å². The van der Waals surface area contributed by atoms with Crippen molar-refractivity contribution in [3.63, 3.8) is 0 Å². The molecule has 1 fully saturated rings. The lowest BCUT2D eigenvalue weighted by Crippen LogP contribution is -2.58. The van der Waals surface area contributed by atoms with Crippen molar-refractivity contribution in [3.8, 4) is 5.75 Å². The summed E-state index contributed by atoms with van der Waals surface area (Å²) in [6.07, 6.45) is 5.08. The van der Waals surface area contributed by atoms with Gasteiger partial charge in [-0.25, -0.2) is 4.99 Å². The van der Waals surface area contributed by atoms with Crippen LogP contribution in [-0.4, -0.2) is 30.1 Å². The molecule has 0 radical (unpaired) electrons. The van der Waals surface area contributed by atoms with Crippen molar-refractivity contribution in [1.82, 2.24) is 0 Å². The van der Waals surface area contributed by atoms with Crippen LogP contribution in [0.5, 0.6) is 5.75 Å². The summed E-state index contributed by atoms with van der Waals surface area (Å²) in [5, 5.41) is 0. The summed E-state index contributed by atoms with van der Waals surface area (Å²) in [5.74, 6) is 0.616. The zero-order valence-electron chi connectivity index (χ0n) is 13.4. The molecular weight excluding hydrogens is 308 g/mol. The van der Waals surface area contributed by atoms with Gasteiger partial charge in [0.05, 0.1) is 0 Å². The Kier molecular flexibility index (Phi) is 4.28. The van der Waals surface area contributed by atoms with Crippen LogP contribution in [0.25, 0.3) is 0 Å². The fraction of sp³-hybridized carbons (Fsp3) is 0.438. The van der Waals surface area contributed by atoms with Gasteiger partial charge in [0.2, 0.25) is 11.9 Å². The van der Waals surface area contributed by atoms with Crippen LogP contribution in [0.2, 0.25) is 0 Å². The predicted molar refractivity (Wildman–Crippen MR) is 92.7 cm³/mol. The van der Waals surface area contributed by atoms with Crippen molar-refractivity contribution in [2.45, 2.75) is 37.8 Å². The smallest absolute Gasteiger partial charge is 0.255 e. The van der Waals surface area contributed by atoms with E-state index < -0.39 is 11.6 Å². The highest BCUT2D eigenvalue weighted by molar-refractivity contribution is 6.05. The largest absolute Gasteiger partial charge is 0.484 e. The molecule has 24 heavy (non-hydrogen) atoms. The van der Waals surface area contributed by atoms with Gasteiger partial charge in [-0.2, -0.15) is 4.99 Å². The number of primary amides is 1. The number of guanidine groups is 2. The minimum absolute atomic E-state index is 0.155. The highest BCUT2D eigenvalue weighted by atomic mass is 16.5. The zero-order chi connectivity index (χ0) is 17.2. The van der Waals surface area contributed by atoms with E-state index in [-0.39, 0.29) is 12.6 Å². The maximum absolute atomic E-state index is 10.8. The lowest BCUT2D eigenvalue weighted by atomic mass is 9.87. The average Bonchev–Trinajstić information content (AvgIpc) is 2.54. The van der Waals surface area contributed by atoms with Crippen LogP contribution in [-0.2, 0) is 4.79 Å². The van der Waals surface area contributed by atoms with Gasteiger partial charge in [-0.3, -0.25) is 9.69 Å². The summed E-state index contributed by atoms with van der Waals surface area (Å²) in [7, 11) is 0. The minimum Gasteiger partial charge on any atom is -0.484 e. The molecule has 0 bridgehead atoms. The molecule has 1 heterocycles. The van der Waals surface area contributed by atoms with Crippen LogP contribution >= 0.6 is 0 Å². The van der Waals surface area contributed by atoms with Gasteiger partial charge in [0.1, 0.15) is 11.4 Å². The monoisotopic (exact) mass is 330 g/mol. The Morgan fingerprint density at radius 2 is 1.83 bits per heavy atom. The minimum atomic E-state index is -0.516. The number of rotatable bonds is 4. The zero-order valence-corrected chi connectivity index (χ0v) is 13.4. The molecular formula is C16H22N6O2. The summed E-state index contributed by atoms with van der Waals surface area (Å²) in [6.45, 7) is -0.155. The van der Waals surface area contributed by atoms with Crippen molar-refractivity contribution >= 4 is 23.5 Å². The fourth-order valence-electron chi connectivity index (χ4n) is 3.34. The Balaban J connectivity index is 1.88. The molecule has 3 rings (SSSR count). The molecule has 1 aliphatic heterocycles. The van der Waals surface area contributed by atoms with Crippen molar-refractivity contribution in [2.75, 3.05) is 11.5 Å². The number of hydrogen-bond acceptors (Lipinski definition) is 7. The maximum atomic E-state index is 10.8. The number of nitrogens with two attached hydrogens (primary N) is 3. The van der Waals surface area contributed by atoms with Crippen molar-refractivity contribution in [3.05, 3.63) is 24.3 Å². The first kappa shape index (κ1) is 16.1. The first-order valence-electron chi connectivity index (χ1n) is 8.01. The number of nitrogens with zero attached hydrogens (tertiary/aromatic N) is 3. The van der Waals surface area contributed by atoms with Crippen molar-refractivity contribution < 1.29 is 9.53 Å². The van der Waals surface area contributed by atoms with Gasteiger partial charge in [-0.05, 0) is 49.9 Å². The summed E-state index contributed by atoms with van der Waals surface area (Å²) >= 11 is 0. The Morgan fingerprint density at radius 1 is 1.17 bits per heavy atom. The number of carbonyl (C=O) groups is 1. The molecule has 2 aliphatic rings. The predicted octanol–water partition coefficient (Wildman–Crippen LogP) is 0.661. The Labute approximate surface area is 140 Å². The summed E-state index contributed by atoms with van der Waals surface area (Å²) in [5.41, 5.74) is 17.5. The van der Waals surface area contributed by atoms with Gasteiger partial charge in [0.15, 0.2) is 6.61 Å². The van der Waals surface area contributed by atoms with Crippen LogP contribution in [0.3, 0.4) is 0 Å². The molecule has 1 spiro atoms. The number of benzene rings is 1. The Hall–Kier alpha value is -2.77.